The molecule has 3 heterocycles. The number of nitrogens with one attached hydrogen (secondary N) is 1. The number of pyridine rings is 1. The Morgan fingerprint density at radius 3 is 2.70 bits per heavy atom. The van der Waals surface area contributed by atoms with Gasteiger partial charge in [0.1, 0.15) is 5.76 Å². The molecule has 0 spiro atoms. The lowest BCUT2D eigenvalue weighted by atomic mass is 10.3. The topological polar surface area (TPSA) is 74.0 Å². The van der Waals surface area contributed by atoms with Gasteiger partial charge in [0.05, 0.1) is 6.21 Å². The molecule has 120 valence electrons. The number of aromatic nitrogens is 1. The third kappa shape index (κ3) is 3.95. The van der Waals surface area contributed by atoms with Crippen LogP contribution in [0.4, 0.5) is 5.88 Å². The van der Waals surface area contributed by atoms with E-state index in [0.717, 1.165) is 32.1 Å². The van der Waals surface area contributed by atoms with Crippen LogP contribution in [0.2, 0.25) is 0 Å². The number of anilines is 1. The third-order valence-electron chi connectivity index (χ3n) is 3.73. The molecule has 1 fully saturated rings. The Morgan fingerprint density at radius 1 is 1.22 bits per heavy atom. The molecule has 0 radical (unpaired) electrons. The molecular weight excluding hydrogens is 294 g/mol. The number of amides is 1. The first kappa shape index (κ1) is 15.2. The maximum atomic E-state index is 11.8. The van der Waals surface area contributed by atoms with Crippen LogP contribution in [0.5, 0.6) is 0 Å². The summed E-state index contributed by atoms with van der Waals surface area (Å²) in [5.74, 6) is 1.16. The molecular formula is C16H19N5O2. The summed E-state index contributed by atoms with van der Waals surface area (Å²) in [5.41, 5.74) is 2.97. The monoisotopic (exact) mass is 313 g/mol. The zero-order valence-corrected chi connectivity index (χ0v) is 13.0. The minimum absolute atomic E-state index is 0.283. The van der Waals surface area contributed by atoms with Gasteiger partial charge in [-0.05, 0) is 25.2 Å². The number of likely N-dealkylation sites (N-methyl/N-ethyl adjacent to an activating group) is 1. The maximum Gasteiger partial charge on any atom is 0.271 e. The van der Waals surface area contributed by atoms with E-state index < -0.39 is 0 Å². The Kier molecular flexibility index (Phi) is 4.68. The largest absolute Gasteiger partial charge is 0.440 e. The van der Waals surface area contributed by atoms with Crippen molar-refractivity contribution in [2.45, 2.75) is 0 Å². The summed E-state index contributed by atoms with van der Waals surface area (Å²) in [6, 6.07) is 7.03. The van der Waals surface area contributed by atoms with Crippen molar-refractivity contribution in [3.8, 4) is 0 Å². The number of carbonyl (C=O) groups is 1. The average molecular weight is 313 g/mol. The number of carbonyl (C=O) groups excluding carboxylic acids is 1. The highest BCUT2D eigenvalue weighted by Crippen LogP contribution is 2.18. The Labute approximate surface area is 134 Å². The van der Waals surface area contributed by atoms with Crippen LogP contribution in [0.1, 0.15) is 16.1 Å². The molecule has 23 heavy (non-hydrogen) atoms. The number of piperazine rings is 1. The average Bonchev–Trinajstić information content (AvgIpc) is 3.05. The fraction of sp³-hybridized carbons (Fsp3) is 0.312. The van der Waals surface area contributed by atoms with Gasteiger partial charge < -0.3 is 14.2 Å². The molecule has 2 aromatic heterocycles. The van der Waals surface area contributed by atoms with Crippen LogP contribution in [0, 0.1) is 0 Å². The first-order valence-corrected chi connectivity index (χ1v) is 7.49. The Morgan fingerprint density at radius 2 is 1.96 bits per heavy atom. The van der Waals surface area contributed by atoms with Crippen molar-refractivity contribution in [1.29, 1.82) is 0 Å². The lowest BCUT2D eigenvalue weighted by molar-refractivity contribution is 0.0955. The molecule has 0 unspecified atom stereocenters. The number of furan rings is 1. The normalized spacial score (nSPS) is 16.0. The van der Waals surface area contributed by atoms with Gasteiger partial charge in [0.2, 0.25) is 0 Å². The van der Waals surface area contributed by atoms with Crippen molar-refractivity contribution >= 4 is 18.0 Å². The van der Waals surface area contributed by atoms with Crippen molar-refractivity contribution in [2.75, 3.05) is 38.1 Å². The lowest BCUT2D eigenvalue weighted by Crippen LogP contribution is -2.44. The van der Waals surface area contributed by atoms with E-state index in [1.165, 1.54) is 6.21 Å². The van der Waals surface area contributed by atoms with Crippen LogP contribution in [0.3, 0.4) is 0 Å². The van der Waals surface area contributed by atoms with E-state index in [-0.39, 0.29) is 5.91 Å². The molecule has 0 aliphatic carbocycles. The van der Waals surface area contributed by atoms with Gasteiger partial charge in [-0.3, -0.25) is 9.78 Å². The fourth-order valence-corrected chi connectivity index (χ4v) is 2.33. The standard InChI is InChI=1S/C16H19N5O2/c1-20-8-10-21(11-9-20)15-3-2-14(23-15)12-18-19-16(22)13-4-6-17-7-5-13/h2-7,12H,8-11H2,1H3,(H,19,22). The van der Waals surface area contributed by atoms with Crippen LogP contribution in [-0.2, 0) is 0 Å². The molecule has 1 amide bonds. The maximum absolute atomic E-state index is 11.8. The number of hydrogen-bond donors (Lipinski definition) is 1. The van der Waals surface area contributed by atoms with Crippen LogP contribution in [-0.4, -0.2) is 55.2 Å². The predicted molar refractivity (Wildman–Crippen MR) is 87.7 cm³/mol. The van der Waals surface area contributed by atoms with Crippen LogP contribution < -0.4 is 10.3 Å². The zero-order valence-electron chi connectivity index (χ0n) is 13.0. The van der Waals surface area contributed by atoms with Crippen molar-refractivity contribution < 1.29 is 9.21 Å². The fourth-order valence-electron chi connectivity index (χ4n) is 2.33. The van der Waals surface area contributed by atoms with Gasteiger partial charge in [-0.2, -0.15) is 5.10 Å². The first-order valence-electron chi connectivity index (χ1n) is 7.49. The Bertz CT molecular complexity index is 675. The molecule has 1 aliphatic heterocycles. The van der Waals surface area contributed by atoms with E-state index in [4.69, 9.17) is 4.42 Å². The van der Waals surface area contributed by atoms with E-state index in [2.05, 4.69) is 32.4 Å². The van der Waals surface area contributed by atoms with Gasteiger partial charge in [-0.15, -0.1) is 0 Å². The SMILES string of the molecule is CN1CCN(c2ccc(C=NNC(=O)c3ccncc3)o2)CC1. The molecule has 3 rings (SSSR count). The molecule has 0 bridgehead atoms. The quantitative estimate of drug-likeness (QED) is 0.678. The summed E-state index contributed by atoms with van der Waals surface area (Å²) in [6.07, 6.45) is 4.62. The van der Waals surface area contributed by atoms with Gasteiger partial charge in [-0.25, -0.2) is 5.43 Å². The highest BCUT2D eigenvalue weighted by Gasteiger charge is 2.16. The molecule has 2 aromatic rings. The summed E-state index contributed by atoms with van der Waals surface area (Å²) in [5, 5.41) is 3.92. The summed E-state index contributed by atoms with van der Waals surface area (Å²) < 4.78 is 5.74. The summed E-state index contributed by atoms with van der Waals surface area (Å²) in [4.78, 5) is 20.2. The second-order valence-electron chi connectivity index (χ2n) is 5.40. The molecule has 0 saturated carbocycles. The molecule has 7 nitrogen and oxygen atoms in total. The number of nitrogens with zero attached hydrogens (tertiary/aromatic N) is 4. The molecule has 1 saturated heterocycles. The van der Waals surface area contributed by atoms with Gasteiger partial charge in [0.15, 0.2) is 5.88 Å². The van der Waals surface area contributed by atoms with Crippen LogP contribution in [0.15, 0.2) is 46.2 Å². The third-order valence-corrected chi connectivity index (χ3v) is 3.73. The summed E-state index contributed by atoms with van der Waals surface area (Å²) in [6.45, 7) is 3.93. The molecule has 1 aliphatic rings. The van der Waals surface area contributed by atoms with Gasteiger partial charge >= 0.3 is 0 Å². The molecule has 0 aromatic carbocycles. The molecule has 1 N–H and O–H groups in total. The number of hydrazone groups is 1. The smallest absolute Gasteiger partial charge is 0.271 e. The lowest BCUT2D eigenvalue weighted by Gasteiger charge is -2.32. The molecule has 0 atom stereocenters. The highest BCUT2D eigenvalue weighted by molar-refractivity contribution is 5.94. The minimum atomic E-state index is -0.283. The van der Waals surface area contributed by atoms with Crippen LogP contribution >= 0.6 is 0 Å². The van der Waals surface area contributed by atoms with Gasteiger partial charge in [-0.1, -0.05) is 0 Å². The zero-order chi connectivity index (χ0) is 16.1. The Balaban J connectivity index is 1.55. The predicted octanol–water partition coefficient (Wildman–Crippen LogP) is 1.19. The second kappa shape index (κ2) is 7.06. The van der Waals surface area contributed by atoms with E-state index in [1.807, 2.05) is 12.1 Å². The molecule has 7 heteroatoms. The number of hydrogen-bond acceptors (Lipinski definition) is 6. The highest BCUT2D eigenvalue weighted by atomic mass is 16.4. The van der Waals surface area contributed by atoms with Crippen molar-refractivity contribution in [1.82, 2.24) is 15.3 Å². The van der Waals surface area contributed by atoms with E-state index in [9.17, 15) is 4.79 Å². The minimum Gasteiger partial charge on any atom is -0.440 e. The Hall–Kier alpha value is -2.67. The van der Waals surface area contributed by atoms with E-state index >= 15 is 0 Å². The van der Waals surface area contributed by atoms with E-state index in [0.29, 0.717) is 11.3 Å². The van der Waals surface area contributed by atoms with Gasteiger partial charge in [0.25, 0.3) is 5.91 Å². The summed E-state index contributed by atoms with van der Waals surface area (Å²) in [7, 11) is 2.11. The van der Waals surface area contributed by atoms with Gasteiger partial charge in [0, 0.05) is 50.2 Å². The number of rotatable bonds is 4. The second-order valence-corrected chi connectivity index (χ2v) is 5.40. The van der Waals surface area contributed by atoms with Crippen molar-refractivity contribution in [3.05, 3.63) is 48.0 Å². The summed E-state index contributed by atoms with van der Waals surface area (Å²) >= 11 is 0. The van der Waals surface area contributed by atoms with E-state index in [1.54, 1.807) is 24.5 Å². The van der Waals surface area contributed by atoms with Crippen molar-refractivity contribution in [2.24, 2.45) is 5.10 Å². The first-order chi connectivity index (χ1) is 11.2. The van der Waals surface area contributed by atoms with Crippen molar-refractivity contribution in [3.63, 3.8) is 0 Å². The van der Waals surface area contributed by atoms with Crippen LogP contribution in [0.25, 0.3) is 0 Å².